The number of carbonyl (C=O) groups is 1. The van der Waals surface area contributed by atoms with E-state index in [1.54, 1.807) is 5.38 Å². The molecule has 0 bridgehead atoms. The van der Waals surface area contributed by atoms with Gasteiger partial charge in [-0.25, -0.2) is 10.4 Å². The molecule has 7 nitrogen and oxygen atoms in total. The number of hydrogen-bond acceptors (Lipinski definition) is 7. The molecule has 8 heteroatoms. The minimum absolute atomic E-state index is 0.0526. The van der Waals surface area contributed by atoms with E-state index in [-0.39, 0.29) is 18.9 Å². The highest BCUT2D eigenvalue weighted by Crippen LogP contribution is 2.36. The minimum atomic E-state index is -0.176. The smallest absolute Gasteiger partial charge is 0.272 e. The van der Waals surface area contributed by atoms with E-state index in [1.807, 2.05) is 18.2 Å². The van der Waals surface area contributed by atoms with Crippen molar-refractivity contribution in [3.05, 3.63) is 29.3 Å². The molecule has 114 valence electrons. The Morgan fingerprint density at radius 2 is 2.27 bits per heavy atom. The fourth-order valence-corrected chi connectivity index (χ4v) is 3.16. The van der Waals surface area contributed by atoms with Crippen LogP contribution in [0.3, 0.4) is 0 Å². The third-order valence-corrected chi connectivity index (χ3v) is 4.39. The van der Waals surface area contributed by atoms with Crippen LogP contribution in [0.15, 0.2) is 23.6 Å². The first-order valence-electron chi connectivity index (χ1n) is 6.94. The summed E-state index contributed by atoms with van der Waals surface area (Å²) in [5, 5.41) is 5.43. The highest BCUT2D eigenvalue weighted by molar-refractivity contribution is 7.13. The second kappa shape index (κ2) is 5.56. The van der Waals surface area contributed by atoms with Crippen LogP contribution in [-0.2, 0) is 0 Å². The summed E-state index contributed by atoms with van der Waals surface area (Å²) in [4.78, 5) is 16.6. The lowest BCUT2D eigenvalue weighted by Crippen LogP contribution is -2.44. The molecule has 22 heavy (non-hydrogen) atoms. The van der Waals surface area contributed by atoms with Crippen molar-refractivity contribution in [2.45, 2.75) is 12.6 Å². The molecule has 0 saturated carbocycles. The summed E-state index contributed by atoms with van der Waals surface area (Å²) in [5.74, 6) is 1.27. The zero-order valence-corrected chi connectivity index (χ0v) is 12.4. The van der Waals surface area contributed by atoms with Crippen LogP contribution < -0.4 is 25.6 Å². The third kappa shape index (κ3) is 2.52. The Kier molecular flexibility index (Phi) is 3.41. The summed E-state index contributed by atoms with van der Waals surface area (Å²) < 4.78 is 10.7. The van der Waals surface area contributed by atoms with Crippen LogP contribution in [0.25, 0.3) is 10.6 Å². The predicted molar refractivity (Wildman–Crippen MR) is 80.7 cm³/mol. The number of ether oxygens (including phenoxy) is 2. The van der Waals surface area contributed by atoms with Gasteiger partial charge < -0.3 is 14.8 Å². The van der Waals surface area contributed by atoms with Crippen LogP contribution in [0.2, 0.25) is 0 Å². The van der Waals surface area contributed by atoms with E-state index < -0.39 is 0 Å². The molecule has 0 spiro atoms. The number of nitrogens with zero attached hydrogens (tertiary/aromatic N) is 1. The van der Waals surface area contributed by atoms with Gasteiger partial charge in [0.05, 0.1) is 6.17 Å². The van der Waals surface area contributed by atoms with Crippen LogP contribution in [-0.4, -0.2) is 30.4 Å². The average Bonchev–Trinajstić information content (AvgIpc) is 3.27. The van der Waals surface area contributed by atoms with E-state index in [1.165, 1.54) is 11.3 Å². The molecule has 1 saturated heterocycles. The Bertz CT molecular complexity index is 712. The Balaban J connectivity index is 1.52. The molecule has 0 aliphatic carbocycles. The molecule has 1 aromatic heterocycles. The Labute approximate surface area is 130 Å². The first kappa shape index (κ1) is 13.5. The van der Waals surface area contributed by atoms with E-state index in [0.717, 1.165) is 29.3 Å². The van der Waals surface area contributed by atoms with Gasteiger partial charge in [-0.15, -0.1) is 11.3 Å². The molecule has 3 heterocycles. The first-order chi connectivity index (χ1) is 10.8. The maximum atomic E-state index is 12.2. The quantitative estimate of drug-likeness (QED) is 0.786. The standard InChI is InChI=1S/C14H14N4O3S/c19-13(17-12-3-4-15-18-12)9-6-22-14(16-9)8-1-2-10-11(5-8)21-7-20-10/h1-2,5-6,12,15,18H,3-4,7H2,(H,17,19). The lowest BCUT2D eigenvalue weighted by Gasteiger charge is -2.10. The zero-order valence-electron chi connectivity index (χ0n) is 11.6. The average molecular weight is 318 g/mol. The molecule has 2 aliphatic heterocycles. The summed E-state index contributed by atoms with van der Waals surface area (Å²) in [7, 11) is 0. The largest absolute Gasteiger partial charge is 0.454 e. The Morgan fingerprint density at radius 3 is 3.14 bits per heavy atom. The van der Waals surface area contributed by atoms with Gasteiger partial charge in [-0.05, 0) is 24.6 Å². The van der Waals surface area contributed by atoms with Gasteiger partial charge in [0.1, 0.15) is 10.7 Å². The fourth-order valence-electron chi connectivity index (χ4n) is 2.36. The van der Waals surface area contributed by atoms with Gasteiger partial charge in [0.25, 0.3) is 5.91 Å². The molecule has 2 aliphatic rings. The number of thiazole rings is 1. The molecular formula is C14H14N4O3S. The molecule has 1 amide bonds. The summed E-state index contributed by atoms with van der Waals surface area (Å²) >= 11 is 1.43. The van der Waals surface area contributed by atoms with Crippen molar-refractivity contribution in [3.63, 3.8) is 0 Å². The van der Waals surface area contributed by atoms with Crippen molar-refractivity contribution in [1.82, 2.24) is 21.2 Å². The van der Waals surface area contributed by atoms with Crippen molar-refractivity contribution in [3.8, 4) is 22.1 Å². The highest BCUT2D eigenvalue weighted by Gasteiger charge is 2.20. The molecule has 1 unspecified atom stereocenters. The molecule has 1 fully saturated rings. The number of fused-ring (bicyclic) bond motifs is 1. The number of hydrazine groups is 1. The third-order valence-electron chi connectivity index (χ3n) is 3.50. The molecule has 0 radical (unpaired) electrons. The summed E-state index contributed by atoms with van der Waals surface area (Å²) in [6.07, 6.45) is 0.799. The van der Waals surface area contributed by atoms with Crippen LogP contribution in [0.5, 0.6) is 11.5 Å². The summed E-state index contributed by atoms with van der Waals surface area (Å²) in [6.45, 7) is 1.08. The van der Waals surface area contributed by atoms with Crippen LogP contribution >= 0.6 is 11.3 Å². The number of aromatic nitrogens is 1. The number of amides is 1. The van der Waals surface area contributed by atoms with E-state index in [9.17, 15) is 4.79 Å². The number of rotatable bonds is 3. The molecule has 2 aromatic rings. The molecule has 4 rings (SSSR count). The first-order valence-corrected chi connectivity index (χ1v) is 7.82. The lowest BCUT2D eigenvalue weighted by molar-refractivity contribution is 0.0928. The van der Waals surface area contributed by atoms with Gasteiger partial charge in [-0.3, -0.25) is 10.2 Å². The summed E-state index contributed by atoms with van der Waals surface area (Å²) in [6, 6.07) is 5.65. The summed E-state index contributed by atoms with van der Waals surface area (Å²) in [5.41, 5.74) is 7.30. The van der Waals surface area contributed by atoms with Gasteiger partial charge >= 0.3 is 0 Å². The SMILES string of the molecule is O=C(NC1CCNN1)c1csc(-c2ccc3c(c2)OCO3)n1. The number of hydrogen-bond donors (Lipinski definition) is 3. The maximum absolute atomic E-state index is 12.2. The van der Waals surface area contributed by atoms with Gasteiger partial charge in [0.15, 0.2) is 11.5 Å². The molecule has 1 atom stereocenters. The molecule has 3 N–H and O–H groups in total. The van der Waals surface area contributed by atoms with Crippen molar-refractivity contribution in [1.29, 1.82) is 0 Å². The maximum Gasteiger partial charge on any atom is 0.272 e. The van der Waals surface area contributed by atoms with E-state index in [0.29, 0.717) is 11.4 Å². The Hall–Kier alpha value is -2.16. The topological polar surface area (TPSA) is 84.5 Å². The monoisotopic (exact) mass is 318 g/mol. The predicted octanol–water partition coefficient (Wildman–Crippen LogP) is 1.09. The Morgan fingerprint density at radius 1 is 1.36 bits per heavy atom. The number of nitrogens with one attached hydrogen (secondary N) is 3. The molecule has 1 aromatic carbocycles. The van der Waals surface area contributed by atoms with Crippen LogP contribution in [0.1, 0.15) is 16.9 Å². The van der Waals surface area contributed by atoms with Crippen molar-refractivity contribution >= 4 is 17.2 Å². The highest BCUT2D eigenvalue weighted by atomic mass is 32.1. The van der Waals surface area contributed by atoms with E-state index in [4.69, 9.17) is 9.47 Å². The van der Waals surface area contributed by atoms with E-state index >= 15 is 0 Å². The number of benzene rings is 1. The van der Waals surface area contributed by atoms with Crippen molar-refractivity contribution in [2.24, 2.45) is 0 Å². The zero-order chi connectivity index (χ0) is 14.9. The second-order valence-corrected chi connectivity index (χ2v) is 5.85. The van der Waals surface area contributed by atoms with Crippen LogP contribution in [0.4, 0.5) is 0 Å². The van der Waals surface area contributed by atoms with Crippen molar-refractivity contribution in [2.75, 3.05) is 13.3 Å². The minimum Gasteiger partial charge on any atom is -0.454 e. The number of carbonyl (C=O) groups excluding carboxylic acids is 1. The van der Waals surface area contributed by atoms with E-state index in [2.05, 4.69) is 21.2 Å². The molecular weight excluding hydrogens is 304 g/mol. The van der Waals surface area contributed by atoms with Crippen molar-refractivity contribution < 1.29 is 14.3 Å². The van der Waals surface area contributed by atoms with Gasteiger partial charge in [0.2, 0.25) is 6.79 Å². The lowest BCUT2D eigenvalue weighted by atomic mass is 10.2. The van der Waals surface area contributed by atoms with Gasteiger partial charge in [-0.1, -0.05) is 0 Å². The van der Waals surface area contributed by atoms with Crippen LogP contribution in [0, 0.1) is 0 Å². The van der Waals surface area contributed by atoms with Gasteiger partial charge in [-0.2, -0.15) is 0 Å². The fraction of sp³-hybridized carbons (Fsp3) is 0.286. The van der Waals surface area contributed by atoms with Gasteiger partial charge in [0, 0.05) is 17.5 Å². The second-order valence-electron chi connectivity index (χ2n) is 4.99. The normalized spacial score (nSPS) is 19.4.